The molecule has 7 heteroatoms. The van der Waals surface area contributed by atoms with Crippen LogP contribution in [0, 0.1) is 0 Å². The minimum atomic E-state index is -0.125. The molecule has 0 bridgehead atoms. The Morgan fingerprint density at radius 2 is 2.15 bits per heavy atom. The number of Topliss-reactive ketones (excluding diaryl/α,β-unsaturated/α-hetero) is 1. The first kappa shape index (κ1) is 20.4. The number of halogens is 1. The van der Waals surface area contributed by atoms with Crippen LogP contribution in [-0.4, -0.2) is 33.3 Å². The monoisotopic (exact) mass is 408 g/mol. The molecule has 0 unspecified atom stereocenters. The van der Waals surface area contributed by atoms with Crippen molar-refractivity contribution >= 4 is 40.0 Å². The van der Waals surface area contributed by atoms with Crippen molar-refractivity contribution in [1.82, 2.24) is 9.55 Å². The SMILES string of the molecule is CC(C)OCCCn1c(S[C@@H]2CCCCC2=O)nc2cc(Cl)ccc2c1=O. The summed E-state index contributed by atoms with van der Waals surface area (Å²) in [5.74, 6) is 0.251. The number of aromatic nitrogens is 2. The zero-order chi connectivity index (χ0) is 19.4. The predicted octanol–water partition coefficient (Wildman–Crippen LogP) is 4.47. The van der Waals surface area contributed by atoms with Gasteiger partial charge in [0.05, 0.1) is 22.3 Å². The summed E-state index contributed by atoms with van der Waals surface area (Å²) in [7, 11) is 0. The number of ether oxygens (including phenoxy) is 1. The van der Waals surface area contributed by atoms with Gasteiger partial charge in [-0.2, -0.15) is 0 Å². The summed E-state index contributed by atoms with van der Waals surface area (Å²) in [5.41, 5.74) is 0.486. The molecule has 1 saturated carbocycles. The first-order valence-corrected chi connectivity index (χ1v) is 10.7. The van der Waals surface area contributed by atoms with E-state index < -0.39 is 0 Å². The summed E-state index contributed by atoms with van der Waals surface area (Å²) in [4.78, 5) is 30.0. The zero-order valence-electron chi connectivity index (χ0n) is 15.7. The molecule has 146 valence electrons. The summed E-state index contributed by atoms with van der Waals surface area (Å²) < 4.78 is 7.29. The Labute approximate surface area is 168 Å². The van der Waals surface area contributed by atoms with E-state index in [2.05, 4.69) is 4.98 Å². The van der Waals surface area contributed by atoms with E-state index in [0.29, 0.717) is 47.1 Å². The number of thioether (sulfide) groups is 1. The molecule has 0 aliphatic heterocycles. The van der Waals surface area contributed by atoms with E-state index in [1.807, 2.05) is 13.8 Å². The maximum Gasteiger partial charge on any atom is 0.262 e. The predicted molar refractivity (Wildman–Crippen MR) is 110 cm³/mol. The van der Waals surface area contributed by atoms with Crippen LogP contribution in [0.5, 0.6) is 0 Å². The summed E-state index contributed by atoms with van der Waals surface area (Å²) in [6.45, 7) is 5.07. The molecule has 1 atom stereocenters. The van der Waals surface area contributed by atoms with Gasteiger partial charge in [0, 0.05) is 24.6 Å². The average molecular weight is 409 g/mol. The fourth-order valence-corrected chi connectivity index (χ4v) is 4.61. The Kier molecular flexibility index (Phi) is 6.95. The Balaban J connectivity index is 1.93. The van der Waals surface area contributed by atoms with Crippen molar-refractivity contribution in [3.63, 3.8) is 0 Å². The molecule has 5 nitrogen and oxygen atoms in total. The molecule has 0 amide bonds. The third kappa shape index (κ3) is 5.12. The number of benzene rings is 1. The normalized spacial score (nSPS) is 17.8. The first-order valence-electron chi connectivity index (χ1n) is 9.47. The van der Waals surface area contributed by atoms with E-state index in [1.165, 1.54) is 11.8 Å². The largest absolute Gasteiger partial charge is 0.379 e. The van der Waals surface area contributed by atoms with Gasteiger partial charge in [-0.1, -0.05) is 29.8 Å². The second-order valence-electron chi connectivity index (χ2n) is 7.10. The van der Waals surface area contributed by atoms with Gasteiger partial charge >= 0.3 is 0 Å². The highest BCUT2D eigenvalue weighted by atomic mass is 35.5. The van der Waals surface area contributed by atoms with Crippen LogP contribution < -0.4 is 5.56 Å². The molecule has 1 heterocycles. The number of nitrogens with zero attached hydrogens (tertiary/aromatic N) is 2. The van der Waals surface area contributed by atoms with Gasteiger partial charge in [-0.05, 0) is 51.3 Å². The standard InChI is InChI=1S/C20H25ClN2O3S/c1-13(2)26-11-5-10-23-19(25)15-9-8-14(21)12-16(15)22-20(23)27-18-7-4-3-6-17(18)24/h8-9,12-13,18H,3-7,10-11H2,1-2H3/t18-/m1/s1. The van der Waals surface area contributed by atoms with E-state index in [4.69, 9.17) is 16.3 Å². The Morgan fingerprint density at radius 1 is 1.33 bits per heavy atom. The number of hydrogen-bond donors (Lipinski definition) is 0. The van der Waals surface area contributed by atoms with Crippen molar-refractivity contribution in [3.8, 4) is 0 Å². The van der Waals surface area contributed by atoms with Crippen LogP contribution in [0.25, 0.3) is 10.9 Å². The van der Waals surface area contributed by atoms with Gasteiger partial charge < -0.3 is 4.74 Å². The van der Waals surface area contributed by atoms with E-state index in [9.17, 15) is 9.59 Å². The number of hydrogen-bond acceptors (Lipinski definition) is 5. The molecule has 2 aromatic rings. The molecule has 1 aliphatic carbocycles. The van der Waals surface area contributed by atoms with Crippen molar-refractivity contribution in [1.29, 1.82) is 0 Å². The summed E-state index contributed by atoms with van der Waals surface area (Å²) in [5, 5.41) is 1.56. The first-order chi connectivity index (χ1) is 13.0. The highest BCUT2D eigenvalue weighted by molar-refractivity contribution is 8.00. The van der Waals surface area contributed by atoms with Gasteiger partial charge in [0.15, 0.2) is 5.16 Å². The maximum absolute atomic E-state index is 13.1. The molecule has 1 fully saturated rings. The highest BCUT2D eigenvalue weighted by Crippen LogP contribution is 2.31. The summed E-state index contributed by atoms with van der Waals surface area (Å²) in [6, 6.07) is 5.13. The van der Waals surface area contributed by atoms with Crippen molar-refractivity contribution in [2.24, 2.45) is 0 Å². The minimum Gasteiger partial charge on any atom is -0.379 e. The van der Waals surface area contributed by atoms with Crippen molar-refractivity contribution in [2.75, 3.05) is 6.61 Å². The van der Waals surface area contributed by atoms with Crippen LogP contribution >= 0.6 is 23.4 Å². The van der Waals surface area contributed by atoms with Gasteiger partial charge in [-0.25, -0.2) is 4.98 Å². The number of carbonyl (C=O) groups is 1. The number of fused-ring (bicyclic) bond motifs is 1. The lowest BCUT2D eigenvalue weighted by Crippen LogP contribution is -2.27. The topological polar surface area (TPSA) is 61.2 Å². The van der Waals surface area contributed by atoms with E-state index >= 15 is 0 Å². The van der Waals surface area contributed by atoms with Gasteiger partial charge in [0.1, 0.15) is 5.78 Å². The molecule has 1 aliphatic rings. The molecule has 1 aromatic heterocycles. The number of ketones is 1. The lowest BCUT2D eigenvalue weighted by molar-refractivity contribution is -0.119. The molecular weight excluding hydrogens is 384 g/mol. The van der Waals surface area contributed by atoms with Gasteiger partial charge in [0.25, 0.3) is 5.56 Å². The molecule has 3 rings (SSSR count). The Hall–Kier alpha value is -1.37. The Bertz CT molecular complexity index is 881. The average Bonchev–Trinajstić information content (AvgIpc) is 2.62. The second kappa shape index (κ2) is 9.22. The third-order valence-electron chi connectivity index (χ3n) is 4.61. The van der Waals surface area contributed by atoms with Crippen LogP contribution in [0.1, 0.15) is 46.0 Å². The van der Waals surface area contributed by atoms with Crippen molar-refractivity contribution in [3.05, 3.63) is 33.6 Å². The van der Waals surface area contributed by atoms with Gasteiger partial charge in [-0.15, -0.1) is 0 Å². The highest BCUT2D eigenvalue weighted by Gasteiger charge is 2.25. The smallest absolute Gasteiger partial charge is 0.262 e. The van der Waals surface area contributed by atoms with Crippen LogP contribution in [-0.2, 0) is 16.1 Å². The van der Waals surface area contributed by atoms with Crippen LogP contribution in [0.3, 0.4) is 0 Å². The molecule has 1 aromatic carbocycles. The number of carbonyl (C=O) groups excluding carboxylic acids is 1. The molecular formula is C20H25ClN2O3S. The molecule has 0 saturated heterocycles. The van der Waals surface area contributed by atoms with E-state index in [0.717, 1.165) is 19.3 Å². The zero-order valence-corrected chi connectivity index (χ0v) is 17.3. The number of rotatable bonds is 7. The van der Waals surface area contributed by atoms with E-state index in [-0.39, 0.29) is 22.7 Å². The fraction of sp³-hybridized carbons (Fsp3) is 0.550. The third-order valence-corrected chi connectivity index (χ3v) is 6.15. The molecule has 0 spiro atoms. The second-order valence-corrected chi connectivity index (χ2v) is 8.71. The Morgan fingerprint density at radius 3 is 2.89 bits per heavy atom. The lowest BCUT2D eigenvalue weighted by atomic mass is 9.99. The van der Waals surface area contributed by atoms with Gasteiger partial charge in [0.2, 0.25) is 0 Å². The van der Waals surface area contributed by atoms with Crippen LogP contribution in [0.15, 0.2) is 28.2 Å². The van der Waals surface area contributed by atoms with Gasteiger partial charge in [-0.3, -0.25) is 14.2 Å². The van der Waals surface area contributed by atoms with E-state index in [1.54, 1.807) is 22.8 Å². The fourth-order valence-electron chi connectivity index (χ4n) is 3.21. The van der Waals surface area contributed by atoms with Crippen LogP contribution in [0.2, 0.25) is 5.02 Å². The molecule has 27 heavy (non-hydrogen) atoms. The maximum atomic E-state index is 13.1. The quantitative estimate of drug-likeness (QED) is 0.499. The van der Waals surface area contributed by atoms with Crippen LogP contribution in [0.4, 0.5) is 0 Å². The molecule has 0 radical (unpaired) electrons. The van der Waals surface area contributed by atoms with Crippen molar-refractivity contribution < 1.29 is 9.53 Å². The summed E-state index contributed by atoms with van der Waals surface area (Å²) in [6.07, 6.45) is 4.32. The van der Waals surface area contributed by atoms with Crippen molar-refractivity contribution in [2.45, 2.75) is 69.0 Å². The summed E-state index contributed by atoms with van der Waals surface area (Å²) >= 11 is 7.50. The minimum absolute atomic E-state index is 0.0908. The molecule has 0 N–H and O–H groups in total. The lowest BCUT2D eigenvalue weighted by Gasteiger charge is -2.21.